The summed E-state index contributed by atoms with van der Waals surface area (Å²) in [6, 6.07) is 6.13. The molecule has 2 atom stereocenters. The van der Waals surface area contributed by atoms with E-state index in [9.17, 15) is 35.0 Å². The predicted octanol–water partition coefficient (Wildman–Crippen LogP) is 1.93. The van der Waals surface area contributed by atoms with E-state index in [0.29, 0.717) is 5.56 Å². The summed E-state index contributed by atoms with van der Waals surface area (Å²) in [4.78, 5) is 33.1. The van der Waals surface area contributed by atoms with E-state index in [4.69, 9.17) is 0 Å². The summed E-state index contributed by atoms with van der Waals surface area (Å²) < 4.78 is 0. The minimum absolute atomic E-state index is 0.164. The summed E-state index contributed by atoms with van der Waals surface area (Å²) in [6.07, 6.45) is 0. The van der Waals surface area contributed by atoms with Crippen LogP contribution in [0.2, 0.25) is 0 Å². The van der Waals surface area contributed by atoms with E-state index in [1.807, 2.05) is 0 Å². The number of nitrogens with zero attached hydrogens (tertiary/aromatic N) is 1. The third-order valence-corrected chi connectivity index (χ3v) is 3.28. The van der Waals surface area contributed by atoms with Crippen molar-refractivity contribution < 1.29 is 29.8 Å². The van der Waals surface area contributed by atoms with Crippen molar-refractivity contribution in [2.24, 2.45) is 5.92 Å². The second kappa shape index (κ2) is 6.70. The molecule has 0 aliphatic rings. The maximum absolute atomic E-state index is 11.7. The van der Waals surface area contributed by atoms with Crippen LogP contribution in [0, 0.1) is 23.0 Å². The number of Topliss-reactive ketones (excluding diaryl/α,β-unsaturated/α-hetero) is 1. The molecule has 8 nitrogen and oxygen atoms in total. The Hall–Kier alpha value is -2.90. The lowest BCUT2D eigenvalue weighted by atomic mass is 9.79. The van der Waals surface area contributed by atoms with Crippen LogP contribution < -0.4 is 0 Å². The van der Waals surface area contributed by atoms with Crippen molar-refractivity contribution in [3.8, 4) is 0 Å². The minimum atomic E-state index is -1.81. The summed E-state index contributed by atoms with van der Waals surface area (Å²) in [5, 5.41) is 38.8. The molecule has 0 saturated carbocycles. The molecular formula is C14H15NO7. The number of carbonyl (C=O) groups is 2. The largest absolute Gasteiger partial charge is 0.481 e. The van der Waals surface area contributed by atoms with Crippen LogP contribution in [0.5, 0.6) is 0 Å². The van der Waals surface area contributed by atoms with E-state index < -0.39 is 40.2 Å². The average Bonchev–Trinajstić information content (AvgIpc) is 2.36. The first kappa shape index (κ1) is 17.2. The minimum Gasteiger partial charge on any atom is -0.481 e. The predicted molar refractivity (Wildman–Crippen MR) is 75.0 cm³/mol. The van der Waals surface area contributed by atoms with Crippen LogP contribution in [-0.4, -0.2) is 32.0 Å². The Morgan fingerprint density at radius 2 is 1.73 bits per heavy atom. The average molecular weight is 309 g/mol. The number of aliphatic carboxylic acids is 1. The van der Waals surface area contributed by atoms with Gasteiger partial charge in [-0.25, -0.2) is 0 Å². The van der Waals surface area contributed by atoms with Crippen LogP contribution in [0.15, 0.2) is 35.9 Å². The van der Waals surface area contributed by atoms with Crippen LogP contribution in [0.3, 0.4) is 0 Å². The Bertz CT molecular complexity index is 632. The van der Waals surface area contributed by atoms with Crippen molar-refractivity contribution in [3.63, 3.8) is 0 Å². The quantitative estimate of drug-likeness (QED) is 0.316. The lowest BCUT2D eigenvalue weighted by Gasteiger charge is -2.21. The van der Waals surface area contributed by atoms with Crippen molar-refractivity contribution in [3.05, 3.63) is 57.1 Å². The molecule has 0 radical (unpaired) electrons. The molecule has 2 unspecified atom stereocenters. The highest BCUT2D eigenvalue weighted by Crippen LogP contribution is 2.36. The Kier molecular flexibility index (Phi) is 5.23. The third kappa shape index (κ3) is 3.40. The van der Waals surface area contributed by atoms with Crippen molar-refractivity contribution in [2.75, 3.05) is 0 Å². The highest BCUT2D eigenvalue weighted by molar-refractivity contribution is 5.98. The molecule has 0 aliphatic carbocycles. The van der Waals surface area contributed by atoms with Gasteiger partial charge in [-0.1, -0.05) is 24.3 Å². The Labute approximate surface area is 125 Å². The molecule has 0 heterocycles. The van der Waals surface area contributed by atoms with E-state index in [1.165, 1.54) is 12.1 Å². The molecule has 0 bridgehead atoms. The van der Waals surface area contributed by atoms with E-state index in [2.05, 4.69) is 0 Å². The molecule has 22 heavy (non-hydrogen) atoms. The molecule has 0 amide bonds. The molecule has 8 heteroatoms. The van der Waals surface area contributed by atoms with Gasteiger partial charge in [0.05, 0.1) is 4.92 Å². The molecule has 3 N–H and O–H groups in total. The number of nitro groups is 1. The number of aliphatic hydroxyl groups excluding tert-OH is 1. The monoisotopic (exact) mass is 309 g/mol. The number of aliphatic hydroxyl groups is 2. The highest BCUT2D eigenvalue weighted by Gasteiger charge is 2.44. The zero-order valence-electron chi connectivity index (χ0n) is 11.9. The number of benzene rings is 1. The molecule has 1 aromatic rings. The molecule has 0 aliphatic heterocycles. The first-order chi connectivity index (χ1) is 10.2. The van der Waals surface area contributed by atoms with E-state index in [-0.39, 0.29) is 5.56 Å². The number of ketones is 1. The van der Waals surface area contributed by atoms with Gasteiger partial charge in [-0.05, 0) is 25.0 Å². The third-order valence-electron chi connectivity index (χ3n) is 3.28. The fourth-order valence-electron chi connectivity index (χ4n) is 2.31. The topological polar surface area (TPSA) is 138 Å². The summed E-state index contributed by atoms with van der Waals surface area (Å²) in [7, 11) is 0. The van der Waals surface area contributed by atoms with Crippen LogP contribution >= 0.6 is 0 Å². The second-order valence-electron chi connectivity index (χ2n) is 4.73. The number of allylic oxidation sites excluding steroid dienone is 1. The number of carbonyl (C=O) groups excluding carboxylic acids is 1. The fourth-order valence-corrected chi connectivity index (χ4v) is 2.31. The standard InChI is InChI=1S/C14H15NO7/c1-7-5-3-4-6-9(7)11(10(8(2)16)13(17)18)12(14(19)20)15(21)22/h3-6,10-11,19-20H,1-2H3,(H,17,18). The van der Waals surface area contributed by atoms with E-state index in [0.717, 1.165) is 6.92 Å². The number of carboxylic acids is 1. The number of aryl methyl sites for hydroxylation is 1. The zero-order chi connectivity index (χ0) is 17.0. The SMILES string of the molecule is CC(=O)C(C(=O)O)C(C(=C(O)O)[N+](=O)[O-])c1ccccc1C. The number of carboxylic acid groups (broad SMARTS) is 1. The lowest BCUT2D eigenvalue weighted by Crippen LogP contribution is -2.32. The van der Waals surface area contributed by atoms with Gasteiger partial charge >= 0.3 is 17.6 Å². The highest BCUT2D eigenvalue weighted by atomic mass is 16.6. The van der Waals surface area contributed by atoms with Crippen LogP contribution in [0.1, 0.15) is 24.0 Å². The first-order valence-electron chi connectivity index (χ1n) is 6.23. The maximum atomic E-state index is 11.7. The van der Waals surface area contributed by atoms with Gasteiger partial charge in [-0.2, -0.15) is 0 Å². The number of rotatable bonds is 6. The van der Waals surface area contributed by atoms with Crippen molar-refractivity contribution in [2.45, 2.75) is 19.8 Å². The molecule has 0 spiro atoms. The van der Waals surface area contributed by atoms with Gasteiger partial charge in [0, 0.05) is 0 Å². The molecule has 0 fully saturated rings. The molecular weight excluding hydrogens is 294 g/mol. The second-order valence-corrected chi connectivity index (χ2v) is 4.73. The van der Waals surface area contributed by atoms with Gasteiger partial charge in [0.2, 0.25) is 0 Å². The van der Waals surface area contributed by atoms with Crippen molar-refractivity contribution >= 4 is 11.8 Å². The summed E-state index contributed by atoms with van der Waals surface area (Å²) in [5.41, 5.74) is -0.477. The fraction of sp³-hybridized carbons (Fsp3) is 0.286. The molecule has 0 aromatic heterocycles. The first-order valence-corrected chi connectivity index (χ1v) is 6.23. The van der Waals surface area contributed by atoms with Gasteiger partial charge in [0.15, 0.2) is 0 Å². The summed E-state index contributed by atoms with van der Waals surface area (Å²) in [6.45, 7) is 2.56. The number of hydrogen-bond donors (Lipinski definition) is 3. The van der Waals surface area contributed by atoms with E-state index in [1.54, 1.807) is 19.1 Å². The number of hydrogen-bond acceptors (Lipinski definition) is 6. The molecule has 1 aromatic carbocycles. The molecule has 0 saturated heterocycles. The smallest absolute Gasteiger partial charge is 0.351 e. The Morgan fingerprint density at radius 3 is 2.09 bits per heavy atom. The van der Waals surface area contributed by atoms with Gasteiger partial charge in [-0.3, -0.25) is 19.7 Å². The van der Waals surface area contributed by atoms with Gasteiger partial charge in [0.25, 0.3) is 0 Å². The zero-order valence-corrected chi connectivity index (χ0v) is 11.9. The molecule has 118 valence electrons. The van der Waals surface area contributed by atoms with Crippen LogP contribution in [0.4, 0.5) is 0 Å². The maximum Gasteiger partial charge on any atom is 0.351 e. The normalized spacial score (nSPS) is 13.0. The van der Waals surface area contributed by atoms with Gasteiger partial charge in [0.1, 0.15) is 17.6 Å². The Morgan fingerprint density at radius 1 is 1.18 bits per heavy atom. The van der Waals surface area contributed by atoms with Gasteiger partial charge in [-0.15, -0.1) is 0 Å². The van der Waals surface area contributed by atoms with Gasteiger partial charge < -0.3 is 15.3 Å². The summed E-state index contributed by atoms with van der Waals surface area (Å²) >= 11 is 0. The van der Waals surface area contributed by atoms with Crippen LogP contribution in [-0.2, 0) is 9.59 Å². The van der Waals surface area contributed by atoms with Crippen molar-refractivity contribution in [1.29, 1.82) is 0 Å². The lowest BCUT2D eigenvalue weighted by molar-refractivity contribution is -0.436. The van der Waals surface area contributed by atoms with Crippen LogP contribution in [0.25, 0.3) is 0 Å². The van der Waals surface area contributed by atoms with E-state index >= 15 is 0 Å². The Balaban J connectivity index is 3.69. The molecule has 1 rings (SSSR count). The summed E-state index contributed by atoms with van der Waals surface area (Å²) in [5.74, 6) is -7.46. The van der Waals surface area contributed by atoms with Crippen molar-refractivity contribution in [1.82, 2.24) is 0 Å².